The van der Waals surface area contributed by atoms with Gasteiger partial charge in [0.1, 0.15) is 5.01 Å². The molecule has 0 fully saturated rings. The zero-order valence-electron chi connectivity index (χ0n) is 11.1. The molecule has 0 radical (unpaired) electrons. The molecule has 1 unspecified atom stereocenters. The summed E-state index contributed by atoms with van der Waals surface area (Å²) in [4.78, 5) is 20.6. The minimum absolute atomic E-state index is 0.132. The van der Waals surface area contributed by atoms with E-state index in [0.29, 0.717) is 16.9 Å². The Kier molecular flexibility index (Phi) is 3.80. The molecule has 0 aliphatic heterocycles. The van der Waals surface area contributed by atoms with Crippen molar-refractivity contribution in [2.45, 2.75) is 26.8 Å². The number of carbonyl (C=O) groups excluding carboxylic acids is 1. The lowest BCUT2D eigenvalue weighted by atomic mass is 10.1. The zero-order valence-corrected chi connectivity index (χ0v) is 11.9. The van der Waals surface area contributed by atoms with E-state index >= 15 is 0 Å². The van der Waals surface area contributed by atoms with Gasteiger partial charge in [-0.25, -0.2) is 4.98 Å². The average Bonchev–Trinajstić information content (AvgIpc) is 2.79. The van der Waals surface area contributed by atoms with Gasteiger partial charge in [0.05, 0.1) is 29.2 Å². The van der Waals surface area contributed by atoms with Crippen molar-refractivity contribution in [1.82, 2.24) is 15.3 Å². The Morgan fingerprint density at radius 2 is 2.21 bits per heavy atom. The van der Waals surface area contributed by atoms with Gasteiger partial charge in [-0.1, -0.05) is 0 Å². The molecule has 0 aliphatic rings. The van der Waals surface area contributed by atoms with Crippen molar-refractivity contribution in [1.29, 1.82) is 0 Å². The molecule has 2 heterocycles. The molecule has 0 saturated carbocycles. The number of nitrogens with zero attached hydrogens (tertiary/aromatic N) is 2. The van der Waals surface area contributed by atoms with Crippen LogP contribution in [0.4, 0.5) is 5.69 Å². The quantitative estimate of drug-likeness (QED) is 0.900. The summed E-state index contributed by atoms with van der Waals surface area (Å²) in [5, 5.41) is 5.76. The first-order valence-electron chi connectivity index (χ1n) is 5.92. The van der Waals surface area contributed by atoms with Crippen molar-refractivity contribution in [3.05, 3.63) is 39.6 Å². The second kappa shape index (κ2) is 5.36. The van der Waals surface area contributed by atoms with Crippen LogP contribution in [-0.4, -0.2) is 15.9 Å². The maximum Gasteiger partial charge on any atom is 0.253 e. The van der Waals surface area contributed by atoms with Gasteiger partial charge in [-0.3, -0.25) is 9.78 Å². The number of hydrogen-bond donors (Lipinski definition) is 2. The number of rotatable bonds is 3. The van der Waals surface area contributed by atoms with Crippen molar-refractivity contribution in [2.75, 3.05) is 5.73 Å². The maximum atomic E-state index is 12.2. The number of amides is 1. The standard InChI is InChI=1S/C13H16N4OS/c1-7-6-19-13(16-7)9(3)17-12(18)11-4-10(14)5-15-8(11)2/h4-6,9H,14H2,1-3H3,(H,17,18). The number of pyridine rings is 1. The maximum absolute atomic E-state index is 12.2. The molecule has 0 aromatic carbocycles. The van der Waals surface area contributed by atoms with Crippen molar-refractivity contribution in [2.24, 2.45) is 0 Å². The summed E-state index contributed by atoms with van der Waals surface area (Å²) in [7, 11) is 0. The van der Waals surface area contributed by atoms with E-state index in [4.69, 9.17) is 5.73 Å². The van der Waals surface area contributed by atoms with Gasteiger partial charge >= 0.3 is 0 Å². The Labute approximate surface area is 115 Å². The monoisotopic (exact) mass is 276 g/mol. The molecular weight excluding hydrogens is 260 g/mol. The summed E-state index contributed by atoms with van der Waals surface area (Å²) >= 11 is 1.54. The summed E-state index contributed by atoms with van der Waals surface area (Å²) in [6, 6.07) is 1.50. The highest BCUT2D eigenvalue weighted by atomic mass is 32.1. The number of nitrogens with two attached hydrogens (primary N) is 1. The third-order valence-corrected chi connectivity index (χ3v) is 3.85. The van der Waals surface area contributed by atoms with Crippen molar-refractivity contribution in [3.8, 4) is 0 Å². The predicted molar refractivity (Wildman–Crippen MR) is 76.1 cm³/mol. The van der Waals surface area contributed by atoms with Crippen molar-refractivity contribution >= 4 is 22.9 Å². The normalized spacial score (nSPS) is 12.2. The third-order valence-electron chi connectivity index (χ3n) is 2.71. The fourth-order valence-corrected chi connectivity index (χ4v) is 2.49. The Balaban J connectivity index is 2.15. The minimum Gasteiger partial charge on any atom is -0.397 e. The lowest BCUT2D eigenvalue weighted by molar-refractivity contribution is 0.0939. The summed E-state index contributed by atoms with van der Waals surface area (Å²) in [5.41, 5.74) is 8.26. The number of anilines is 1. The highest BCUT2D eigenvalue weighted by Gasteiger charge is 2.16. The van der Waals surface area contributed by atoms with E-state index in [1.165, 1.54) is 11.3 Å². The largest absolute Gasteiger partial charge is 0.397 e. The van der Waals surface area contributed by atoms with E-state index in [2.05, 4.69) is 15.3 Å². The van der Waals surface area contributed by atoms with Crippen LogP contribution >= 0.6 is 11.3 Å². The highest BCUT2D eigenvalue weighted by Crippen LogP contribution is 2.18. The van der Waals surface area contributed by atoms with Gasteiger partial charge in [0.15, 0.2) is 0 Å². The smallest absolute Gasteiger partial charge is 0.253 e. The van der Waals surface area contributed by atoms with Gasteiger partial charge in [-0.15, -0.1) is 11.3 Å². The molecule has 1 atom stereocenters. The molecular formula is C13H16N4OS. The van der Waals surface area contributed by atoms with Gasteiger partial charge in [0.2, 0.25) is 0 Å². The molecule has 0 spiro atoms. The van der Waals surface area contributed by atoms with Gasteiger partial charge in [0, 0.05) is 11.1 Å². The van der Waals surface area contributed by atoms with Crippen LogP contribution in [-0.2, 0) is 0 Å². The molecule has 100 valence electrons. The van der Waals surface area contributed by atoms with E-state index in [1.807, 2.05) is 19.2 Å². The van der Waals surface area contributed by atoms with E-state index in [1.54, 1.807) is 19.2 Å². The molecule has 2 rings (SSSR count). The zero-order chi connectivity index (χ0) is 14.0. The average molecular weight is 276 g/mol. The number of hydrogen-bond acceptors (Lipinski definition) is 5. The van der Waals surface area contributed by atoms with Crippen LogP contribution in [0, 0.1) is 13.8 Å². The van der Waals surface area contributed by atoms with Gasteiger partial charge < -0.3 is 11.1 Å². The van der Waals surface area contributed by atoms with Crippen LogP contribution in [0.3, 0.4) is 0 Å². The Hall–Kier alpha value is -1.95. The van der Waals surface area contributed by atoms with Crippen LogP contribution in [0.5, 0.6) is 0 Å². The van der Waals surface area contributed by atoms with Gasteiger partial charge in [-0.2, -0.15) is 0 Å². The number of nitrogens with one attached hydrogen (secondary N) is 1. The molecule has 5 nitrogen and oxygen atoms in total. The number of nitrogen functional groups attached to an aromatic ring is 1. The molecule has 0 aliphatic carbocycles. The molecule has 19 heavy (non-hydrogen) atoms. The summed E-state index contributed by atoms with van der Waals surface area (Å²) in [6.07, 6.45) is 1.54. The van der Waals surface area contributed by atoms with Crippen LogP contribution in [0.2, 0.25) is 0 Å². The Morgan fingerprint density at radius 3 is 2.84 bits per heavy atom. The predicted octanol–water partition coefficient (Wildman–Crippen LogP) is 2.23. The summed E-state index contributed by atoms with van der Waals surface area (Å²) in [5.74, 6) is -0.183. The van der Waals surface area contributed by atoms with Crippen molar-refractivity contribution in [3.63, 3.8) is 0 Å². The molecule has 0 bridgehead atoms. The first-order valence-corrected chi connectivity index (χ1v) is 6.80. The fourth-order valence-electron chi connectivity index (χ4n) is 1.69. The number of aromatic nitrogens is 2. The van der Waals surface area contributed by atoms with E-state index in [9.17, 15) is 4.79 Å². The molecule has 3 N–H and O–H groups in total. The van der Waals surface area contributed by atoms with E-state index in [-0.39, 0.29) is 11.9 Å². The highest BCUT2D eigenvalue weighted by molar-refractivity contribution is 7.09. The van der Waals surface area contributed by atoms with Gasteiger partial charge in [-0.05, 0) is 26.8 Å². The second-order valence-corrected chi connectivity index (χ2v) is 5.31. The molecule has 0 saturated heterocycles. The Bertz CT molecular complexity index is 608. The molecule has 2 aromatic heterocycles. The van der Waals surface area contributed by atoms with Crippen LogP contribution in [0.1, 0.15) is 39.7 Å². The molecule has 1 amide bonds. The SMILES string of the molecule is Cc1csc(C(C)NC(=O)c2cc(N)cnc2C)n1. The summed E-state index contributed by atoms with van der Waals surface area (Å²) < 4.78 is 0. The third kappa shape index (κ3) is 3.08. The number of carbonyl (C=O) groups is 1. The first-order chi connectivity index (χ1) is 8.97. The topological polar surface area (TPSA) is 80.9 Å². The second-order valence-electron chi connectivity index (χ2n) is 4.42. The van der Waals surface area contributed by atoms with Crippen LogP contribution in [0.15, 0.2) is 17.6 Å². The molecule has 2 aromatic rings. The lowest BCUT2D eigenvalue weighted by Gasteiger charge is -2.12. The van der Waals surface area contributed by atoms with Crippen molar-refractivity contribution < 1.29 is 4.79 Å². The number of thiazole rings is 1. The first kappa shape index (κ1) is 13.5. The molecule has 6 heteroatoms. The lowest BCUT2D eigenvalue weighted by Crippen LogP contribution is -2.27. The van der Waals surface area contributed by atoms with Crippen LogP contribution in [0.25, 0.3) is 0 Å². The fraction of sp³-hybridized carbons (Fsp3) is 0.308. The van der Waals surface area contributed by atoms with E-state index < -0.39 is 0 Å². The van der Waals surface area contributed by atoms with E-state index in [0.717, 1.165) is 10.7 Å². The number of aryl methyl sites for hydroxylation is 2. The summed E-state index contributed by atoms with van der Waals surface area (Å²) in [6.45, 7) is 5.62. The minimum atomic E-state index is -0.183. The van der Waals surface area contributed by atoms with Gasteiger partial charge in [0.25, 0.3) is 5.91 Å². The Morgan fingerprint density at radius 1 is 1.47 bits per heavy atom. The van der Waals surface area contributed by atoms with Crippen LogP contribution < -0.4 is 11.1 Å².